The molecule has 20 heavy (non-hydrogen) atoms. The fourth-order valence-corrected chi connectivity index (χ4v) is 3.11. The molecular formula is C15H18BrNO2S. The molecule has 2 aromatic rings. The number of halogens is 1. The first kappa shape index (κ1) is 16.9. The predicted octanol–water partition coefficient (Wildman–Crippen LogP) is -1.16. The summed E-state index contributed by atoms with van der Waals surface area (Å²) in [5.74, 6) is 0.143. The highest BCUT2D eigenvalue weighted by Gasteiger charge is 2.14. The van der Waals surface area contributed by atoms with E-state index in [0.29, 0.717) is 11.3 Å². The minimum absolute atomic E-state index is 0. The fraction of sp³-hybridized carbons (Fsp3) is 0.267. The molecule has 0 saturated carbocycles. The molecule has 0 N–H and O–H groups in total. The van der Waals surface area contributed by atoms with Crippen LogP contribution in [0.5, 0.6) is 0 Å². The molecule has 1 heterocycles. The molecule has 0 spiro atoms. The fourth-order valence-electron chi connectivity index (χ4n) is 1.81. The first-order chi connectivity index (χ1) is 8.97. The first-order valence-corrected chi connectivity index (χ1v) is 7.86. The molecule has 0 radical (unpaired) electrons. The molecular weight excluding hydrogens is 338 g/mol. The van der Waals surface area contributed by atoms with Crippen molar-refractivity contribution in [2.75, 3.05) is 5.75 Å². The van der Waals surface area contributed by atoms with Gasteiger partial charge in [0, 0.05) is 12.1 Å². The molecule has 0 aliphatic rings. The average Bonchev–Trinajstić information content (AvgIpc) is 2.39. The van der Waals surface area contributed by atoms with Gasteiger partial charge in [-0.1, -0.05) is 17.7 Å². The third kappa shape index (κ3) is 4.42. The maximum absolute atomic E-state index is 12.2. The molecule has 108 valence electrons. The maximum atomic E-state index is 12.2. The molecule has 0 fully saturated rings. The van der Waals surface area contributed by atoms with Gasteiger partial charge in [-0.3, -0.25) is 0 Å². The first-order valence-electron chi connectivity index (χ1n) is 6.21. The van der Waals surface area contributed by atoms with Crippen molar-refractivity contribution in [3.63, 3.8) is 0 Å². The van der Waals surface area contributed by atoms with Gasteiger partial charge in [-0.25, -0.2) is 13.0 Å². The van der Waals surface area contributed by atoms with Crippen molar-refractivity contribution >= 4 is 9.84 Å². The summed E-state index contributed by atoms with van der Waals surface area (Å²) in [7, 11) is -1.25. The second-order valence-corrected chi connectivity index (χ2v) is 6.86. The summed E-state index contributed by atoms with van der Waals surface area (Å²) in [5.41, 5.74) is 2.10. The predicted molar refractivity (Wildman–Crippen MR) is 74.6 cm³/mol. The normalized spacial score (nSPS) is 10.9. The number of hydrogen-bond acceptors (Lipinski definition) is 2. The van der Waals surface area contributed by atoms with E-state index in [-0.39, 0.29) is 22.7 Å². The maximum Gasteiger partial charge on any atom is 0.178 e. The van der Waals surface area contributed by atoms with Gasteiger partial charge in [-0.05, 0) is 31.0 Å². The largest absolute Gasteiger partial charge is 1.00 e. The van der Waals surface area contributed by atoms with E-state index in [1.807, 2.05) is 55.2 Å². The van der Waals surface area contributed by atoms with Crippen LogP contribution in [0, 0.1) is 6.92 Å². The minimum Gasteiger partial charge on any atom is -1.00 e. The lowest BCUT2D eigenvalue weighted by Crippen LogP contribution is -3.00. The van der Waals surface area contributed by atoms with Crippen molar-refractivity contribution in [3.8, 4) is 0 Å². The third-order valence-electron chi connectivity index (χ3n) is 3.09. The Morgan fingerprint density at radius 2 is 1.55 bits per heavy atom. The number of rotatable bonds is 4. The Balaban J connectivity index is 0.00000200. The third-order valence-corrected chi connectivity index (χ3v) is 4.82. The van der Waals surface area contributed by atoms with Crippen LogP contribution in [0.15, 0.2) is 53.7 Å². The summed E-state index contributed by atoms with van der Waals surface area (Å²) in [6, 6.07) is 10.9. The summed E-state index contributed by atoms with van der Waals surface area (Å²) in [4.78, 5) is 0.402. The van der Waals surface area contributed by atoms with Crippen molar-refractivity contribution in [1.29, 1.82) is 0 Å². The van der Waals surface area contributed by atoms with Gasteiger partial charge in [0.05, 0.1) is 10.6 Å². The Labute approximate surface area is 131 Å². The SMILES string of the molecule is Cc1ccc(S(=O)(=O)CCc2cc[n+](C)cc2)cc1.[Br-]. The van der Waals surface area contributed by atoms with Crippen LogP contribution < -0.4 is 21.5 Å². The lowest BCUT2D eigenvalue weighted by Gasteiger charge is -2.04. The van der Waals surface area contributed by atoms with Crippen LogP contribution in [-0.4, -0.2) is 14.2 Å². The number of hydrogen-bond donors (Lipinski definition) is 0. The molecule has 0 amide bonds. The van der Waals surface area contributed by atoms with E-state index in [9.17, 15) is 8.42 Å². The zero-order valence-corrected chi connectivity index (χ0v) is 14.0. The highest BCUT2D eigenvalue weighted by atomic mass is 79.9. The number of pyridine rings is 1. The highest BCUT2D eigenvalue weighted by Crippen LogP contribution is 2.13. The van der Waals surface area contributed by atoms with Crippen molar-refractivity contribution in [3.05, 3.63) is 59.9 Å². The van der Waals surface area contributed by atoms with E-state index in [1.165, 1.54) is 0 Å². The lowest BCUT2D eigenvalue weighted by atomic mass is 10.2. The number of sulfone groups is 1. The van der Waals surface area contributed by atoms with E-state index in [1.54, 1.807) is 12.1 Å². The Morgan fingerprint density at radius 3 is 2.10 bits per heavy atom. The molecule has 0 aliphatic heterocycles. The summed E-state index contributed by atoms with van der Waals surface area (Å²) in [5, 5.41) is 0. The molecule has 0 aliphatic carbocycles. The van der Waals surface area contributed by atoms with Gasteiger partial charge in [0.1, 0.15) is 7.05 Å². The molecule has 1 aromatic heterocycles. The number of aromatic nitrogens is 1. The van der Waals surface area contributed by atoms with Crippen molar-refractivity contribution in [2.24, 2.45) is 7.05 Å². The molecule has 0 bridgehead atoms. The van der Waals surface area contributed by atoms with E-state index in [2.05, 4.69) is 0 Å². The van der Waals surface area contributed by atoms with Gasteiger partial charge in [0.15, 0.2) is 22.2 Å². The summed E-state index contributed by atoms with van der Waals surface area (Å²) in [6.45, 7) is 1.94. The summed E-state index contributed by atoms with van der Waals surface area (Å²) in [6.07, 6.45) is 4.39. The Hall–Kier alpha value is -1.20. The van der Waals surface area contributed by atoms with Crippen LogP contribution in [0.1, 0.15) is 11.1 Å². The summed E-state index contributed by atoms with van der Waals surface area (Å²) >= 11 is 0. The topological polar surface area (TPSA) is 38.0 Å². The zero-order chi connectivity index (χ0) is 13.9. The number of nitrogens with zero attached hydrogens (tertiary/aromatic N) is 1. The van der Waals surface area contributed by atoms with E-state index in [4.69, 9.17) is 0 Å². The van der Waals surface area contributed by atoms with Gasteiger partial charge >= 0.3 is 0 Å². The van der Waals surface area contributed by atoms with Crippen LogP contribution in [-0.2, 0) is 23.3 Å². The van der Waals surface area contributed by atoms with Crippen LogP contribution in [0.25, 0.3) is 0 Å². The van der Waals surface area contributed by atoms with Crippen LogP contribution in [0.3, 0.4) is 0 Å². The standard InChI is InChI=1S/C15H18NO2S.BrH/c1-13-3-5-15(6-4-13)19(17,18)12-9-14-7-10-16(2)11-8-14;/h3-8,10-11H,9,12H2,1-2H3;1H/q+1;/p-1. The molecule has 2 rings (SSSR count). The Morgan fingerprint density at radius 1 is 1.00 bits per heavy atom. The van der Waals surface area contributed by atoms with Gasteiger partial charge in [-0.2, -0.15) is 0 Å². The molecule has 3 nitrogen and oxygen atoms in total. The Bertz CT molecular complexity index is 649. The van der Waals surface area contributed by atoms with Crippen molar-refractivity contribution in [1.82, 2.24) is 0 Å². The number of benzene rings is 1. The average molecular weight is 356 g/mol. The summed E-state index contributed by atoms with van der Waals surface area (Å²) < 4.78 is 26.3. The van der Waals surface area contributed by atoms with Crippen LogP contribution in [0.2, 0.25) is 0 Å². The number of aryl methyl sites for hydroxylation is 3. The molecule has 0 saturated heterocycles. The lowest BCUT2D eigenvalue weighted by molar-refractivity contribution is -0.671. The van der Waals surface area contributed by atoms with E-state index >= 15 is 0 Å². The zero-order valence-electron chi connectivity index (χ0n) is 11.6. The molecule has 1 aromatic carbocycles. The Kier molecular flexibility index (Phi) is 5.89. The smallest absolute Gasteiger partial charge is 0.178 e. The second-order valence-electron chi connectivity index (χ2n) is 4.75. The monoisotopic (exact) mass is 355 g/mol. The van der Waals surface area contributed by atoms with Crippen molar-refractivity contribution in [2.45, 2.75) is 18.2 Å². The molecule has 0 atom stereocenters. The van der Waals surface area contributed by atoms with Gasteiger partial charge in [-0.15, -0.1) is 0 Å². The van der Waals surface area contributed by atoms with E-state index < -0.39 is 9.84 Å². The van der Waals surface area contributed by atoms with Gasteiger partial charge < -0.3 is 17.0 Å². The second kappa shape index (κ2) is 6.99. The van der Waals surface area contributed by atoms with Crippen LogP contribution in [0.4, 0.5) is 0 Å². The molecule has 5 heteroatoms. The van der Waals surface area contributed by atoms with E-state index in [0.717, 1.165) is 11.1 Å². The molecule has 0 unspecified atom stereocenters. The van der Waals surface area contributed by atoms with Crippen molar-refractivity contribution < 1.29 is 30.0 Å². The van der Waals surface area contributed by atoms with Crippen LogP contribution >= 0.6 is 0 Å². The highest BCUT2D eigenvalue weighted by molar-refractivity contribution is 7.91. The van der Waals surface area contributed by atoms with Gasteiger partial charge in [0.2, 0.25) is 0 Å². The minimum atomic E-state index is -3.19. The quantitative estimate of drug-likeness (QED) is 0.649. The van der Waals surface area contributed by atoms with Gasteiger partial charge in [0.25, 0.3) is 0 Å².